The summed E-state index contributed by atoms with van der Waals surface area (Å²) < 4.78 is 4.35. The predicted octanol–water partition coefficient (Wildman–Crippen LogP) is 4.32. The fraction of sp³-hybridized carbons (Fsp3) is 0.556. The predicted molar refractivity (Wildman–Crippen MR) is 94.3 cm³/mol. The van der Waals surface area contributed by atoms with E-state index in [1.165, 1.54) is 49.6 Å². The van der Waals surface area contributed by atoms with E-state index in [1.807, 2.05) is 17.8 Å². The van der Waals surface area contributed by atoms with Crippen LogP contribution in [-0.4, -0.2) is 25.7 Å². The van der Waals surface area contributed by atoms with Crippen molar-refractivity contribution in [3.05, 3.63) is 35.4 Å². The van der Waals surface area contributed by atoms with Gasteiger partial charge in [0.05, 0.1) is 5.75 Å². The van der Waals surface area contributed by atoms with Gasteiger partial charge in [0.1, 0.15) is 0 Å². The molecular weight excluding hydrogens is 306 g/mol. The van der Waals surface area contributed by atoms with Crippen LogP contribution in [0.25, 0.3) is 0 Å². The molecule has 0 bridgehead atoms. The van der Waals surface area contributed by atoms with Crippen LogP contribution >= 0.6 is 11.8 Å². The highest BCUT2D eigenvalue weighted by molar-refractivity contribution is 7.99. The summed E-state index contributed by atoms with van der Waals surface area (Å²) in [4.78, 5) is 16.9. The average Bonchev–Trinajstić information content (AvgIpc) is 3.09. The molecule has 0 atom stereocenters. The zero-order valence-corrected chi connectivity index (χ0v) is 15.0. The van der Waals surface area contributed by atoms with Gasteiger partial charge in [-0.2, -0.15) is 0 Å². The first-order chi connectivity index (χ1) is 11.1. The van der Waals surface area contributed by atoms with Crippen molar-refractivity contribution in [2.24, 2.45) is 7.05 Å². The molecule has 124 valence electrons. The summed E-state index contributed by atoms with van der Waals surface area (Å²) in [6.45, 7) is 4.23. The van der Waals surface area contributed by atoms with Crippen LogP contribution in [0.5, 0.6) is 0 Å². The number of aryl methyl sites for hydroxylation is 2. The van der Waals surface area contributed by atoms with E-state index in [0.717, 1.165) is 16.4 Å². The standard InChI is InChI=1S/C18H25N3OS/c1-13-11-16(14(2)21(13)15-7-5-4-6-8-15)17(22)12-23-18-19-9-10-20(18)3/h9-11,15H,4-8,12H2,1-3H3. The van der Waals surface area contributed by atoms with Gasteiger partial charge in [-0.3, -0.25) is 4.79 Å². The topological polar surface area (TPSA) is 39.8 Å². The van der Waals surface area contributed by atoms with Gasteiger partial charge in [0, 0.05) is 42.4 Å². The van der Waals surface area contributed by atoms with Gasteiger partial charge in [-0.15, -0.1) is 0 Å². The Hall–Kier alpha value is -1.49. The number of carbonyl (C=O) groups is 1. The lowest BCUT2D eigenvalue weighted by Crippen LogP contribution is -2.16. The number of nitrogens with zero attached hydrogens (tertiary/aromatic N) is 3. The molecule has 4 nitrogen and oxygen atoms in total. The first-order valence-corrected chi connectivity index (χ1v) is 9.38. The normalized spacial score (nSPS) is 16.0. The lowest BCUT2D eigenvalue weighted by molar-refractivity contribution is 0.102. The quantitative estimate of drug-likeness (QED) is 0.605. The Kier molecular flexibility index (Phi) is 4.95. The Balaban J connectivity index is 1.74. The molecule has 1 saturated carbocycles. The molecule has 3 rings (SSSR count). The van der Waals surface area contributed by atoms with E-state index in [4.69, 9.17) is 0 Å². The first kappa shape index (κ1) is 16.4. The van der Waals surface area contributed by atoms with E-state index in [2.05, 4.69) is 29.5 Å². The van der Waals surface area contributed by atoms with Crippen molar-refractivity contribution in [2.45, 2.75) is 57.1 Å². The van der Waals surface area contributed by atoms with Crippen LogP contribution in [0, 0.1) is 13.8 Å². The molecule has 1 aliphatic rings. The molecule has 0 saturated heterocycles. The highest BCUT2D eigenvalue weighted by atomic mass is 32.2. The minimum atomic E-state index is 0.202. The zero-order chi connectivity index (χ0) is 16.4. The molecule has 0 unspecified atom stereocenters. The molecule has 1 fully saturated rings. The molecule has 0 aromatic carbocycles. The summed E-state index contributed by atoms with van der Waals surface area (Å²) >= 11 is 1.51. The van der Waals surface area contributed by atoms with Crippen molar-refractivity contribution in [1.29, 1.82) is 0 Å². The van der Waals surface area contributed by atoms with Crippen molar-refractivity contribution in [3.63, 3.8) is 0 Å². The third-order valence-electron chi connectivity index (χ3n) is 4.83. The lowest BCUT2D eigenvalue weighted by Gasteiger charge is -2.26. The second-order valence-corrected chi connectivity index (χ2v) is 7.42. The minimum Gasteiger partial charge on any atom is -0.345 e. The van der Waals surface area contributed by atoms with Gasteiger partial charge in [0.2, 0.25) is 0 Å². The summed E-state index contributed by atoms with van der Waals surface area (Å²) in [6.07, 6.45) is 10.1. The molecule has 5 heteroatoms. The summed E-state index contributed by atoms with van der Waals surface area (Å²) in [5, 5.41) is 0.888. The number of Topliss-reactive ketones (excluding diaryl/α,β-unsaturated/α-hetero) is 1. The number of hydrogen-bond donors (Lipinski definition) is 0. The number of ketones is 1. The van der Waals surface area contributed by atoms with E-state index < -0.39 is 0 Å². The summed E-state index contributed by atoms with van der Waals surface area (Å²) in [6, 6.07) is 2.65. The Labute approximate surface area is 142 Å². The lowest BCUT2D eigenvalue weighted by atomic mass is 9.95. The van der Waals surface area contributed by atoms with Gasteiger partial charge in [-0.05, 0) is 32.8 Å². The molecule has 0 amide bonds. The van der Waals surface area contributed by atoms with E-state index in [-0.39, 0.29) is 5.78 Å². The summed E-state index contributed by atoms with van der Waals surface area (Å²) in [5.74, 6) is 0.646. The molecule has 0 aliphatic heterocycles. The molecule has 0 spiro atoms. The third kappa shape index (κ3) is 3.39. The Morgan fingerprint density at radius 1 is 1.30 bits per heavy atom. The SMILES string of the molecule is Cc1cc(C(=O)CSc2nccn2C)c(C)n1C1CCCCC1. The molecule has 2 aromatic rings. The fourth-order valence-electron chi connectivity index (χ4n) is 3.66. The minimum absolute atomic E-state index is 0.202. The Bertz CT molecular complexity index is 695. The van der Waals surface area contributed by atoms with Crippen molar-refractivity contribution >= 4 is 17.5 Å². The average molecular weight is 331 g/mol. The van der Waals surface area contributed by atoms with E-state index in [9.17, 15) is 4.79 Å². The van der Waals surface area contributed by atoms with Gasteiger partial charge in [-0.1, -0.05) is 31.0 Å². The maximum Gasteiger partial charge on any atom is 0.175 e. The maximum atomic E-state index is 12.6. The number of hydrogen-bond acceptors (Lipinski definition) is 3. The van der Waals surface area contributed by atoms with Gasteiger partial charge in [-0.25, -0.2) is 4.98 Å². The number of rotatable bonds is 5. The van der Waals surface area contributed by atoms with Gasteiger partial charge < -0.3 is 9.13 Å². The van der Waals surface area contributed by atoms with Crippen molar-refractivity contribution < 1.29 is 4.79 Å². The van der Waals surface area contributed by atoms with Crippen LogP contribution in [0.1, 0.15) is 59.9 Å². The smallest absolute Gasteiger partial charge is 0.175 e. The fourth-order valence-corrected chi connectivity index (χ4v) is 4.47. The van der Waals surface area contributed by atoms with Crippen LogP contribution in [0.3, 0.4) is 0 Å². The molecular formula is C18H25N3OS. The highest BCUT2D eigenvalue weighted by Crippen LogP contribution is 2.32. The second kappa shape index (κ2) is 6.95. The van der Waals surface area contributed by atoms with Crippen LogP contribution < -0.4 is 0 Å². The number of carbonyl (C=O) groups excluding carboxylic acids is 1. The van der Waals surface area contributed by atoms with Crippen LogP contribution in [0.4, 0.5) is 0 Å². The van der Waals surface area contributed by atoms with Crippen molar-refractivity contribution in [2.75, 3.05) is 5.75 Å². The van der Waals surface area contributed by atoms with Gasteiger partial charge in [0.15, 0.2) is 10.9 Å². The molecule has 23 heavy (non-hydrogen) atoms. The molecule has 2 aromatic heterocycles. The second-order valence-electron chi connectivity index (χ2n) is 6.48. The number of aromatic nitrogens is 3. The molecule has 0 N–H and O–H groups in total. The summed E-state index contributed by atoms with van der Waals surface area (Å²) in [5.41, 5.74) is 3.24. The first-order valence-electron chi connectivity index (χ1n) is 8.39. The van der Waals surface area contributed by atoms with Crippen molar-refractivity contribution in [3.8, 4) is 0 Å². The van der Waals surface area contributed by atoms with Gasteiger partial charge >= 0.3 is 0 Å². The van der Waals surface area contributed by atoms with E-state index >= 15 is 0 Å². The molecule has 1 aliphatic carbocycles. The number of thioether (sulfide) groups is 1. The number of imidazole rings is 1. The Morgan fingerprint density at radius 2 is 2.04 bits per heavy atom. The third-order valence-corrected chi connectivity index (χ3v) is 5.89. The molecule has 2 heterocycles. The van der Waals surface area contributed by atoms with E-state index in [0.29, 0.717) is 11.8 Å². The van der Waals surface area contributed by atoms with Crippen molar-refractivity contribution in [1.82, 2.24) is 14.1 Å². The van der Waals surface area contributed by atoms with Crippen LogP contribution in [-0.2, 0) is 7.05 Å². The Morgan fingerprint density at radius 3 is 2.70 bits per heavy atom. The monoisotopic (exact) mass is 331 g/mol. The van der Waals surface area contributed by atoms with Crippen LogP contribution in [0.2, 0.25) is 0 Å². The van der Waals surface area contributed by atoms with Crippen LogP contribution in [0.15, 0.2) is 23.6 Å². The largest absolute Gasteiger partial charge is 0.345 e. The maximum absolute atomic E-state index is 12.6. The van der Waals surface area contributed by atoms with Gasteiger partial charge in [0.25, 0.3) is 0 Å². The zero-order valence-electron chi connectivity index (χ0n) is 14.2. The molecule has 0 radical (unpaired) electrons. The highest BCUT2D eigenvalue weighted by Gasteiger charge is 2.22. The summed E-state index contributed by atoms with van der Waals surface area (Å²) in [7, 11) is 1.95. The van der Waals surface area contributed by atoms with E-state index in [1.54, 1.807) is 6.20 Å².